The number of carbonyl (C=O) groups is 2. The lowest BCUT2D eigenvalue weighted by molar-refractivity contribution is 0.0694. The molecule has 4 rings (SSSR count). The van der Waals surface area contributed by atoms with Crippen LogP contribution in [-0.4, -0.2) is 52.8 Å². The molecule has 9 nitrogen and oxygen atoms in total. The maximum atomic E-state index is 13.1. The van der Waals surface area contributed by atoms with Gasteiger partial charge in [0.05, 0.1) is 21.6 Å². The minimum absolute atomic E-state index is 0.0697. The number of nitriles is 1. The summed E-state index contributed by atoms with van der Waals surface area (Å²) >= 11 is 0. The van der Waals surface area contributed by atoms with Gasteiger partial charge in [-0.15, -0.1) is 0 Å². The Balaban J connectivity index is 1.48. The first-order valence-corrected chi connectivity index (χ1v) is 12.7. The number of carbonyl (C=O) groups excluding carboxylic acids is 2. The summed E-state index contributed by atoms with van der Waals surface area (Å²) in [6, 6.07) is 11.5. The minimum atomic E-state index is -3.36. The van der Waals surface area contributed by atoms with Crippen LogP contribution in [0.2, 0.25) is 0 Å². The van der Waals surface area contributed by atoms with E-state index in [-0.39, 0.29) is 37.4 Å². The highest BCUT2D eigenvalue weighted by Crippen LogP contribution is 2.46. The molecule has 1 aromatic heterocycles. The number of benzene rings is 1. The molecule has 1 aliphatic carbocycles. The molecule has 1 fully saturated rings. The van der Waals surface area contributed by atoms with Crippen LogP contribution in [0.1, 0.15) is 58.7 Å². The quantitative estimate of drug-likeness (QED) is 0.636. The van der Waals surface area contributed by atoms with Crippen LogP contribution in [0.25, 0.3) is 0 Å². The van der Waals surface area contributed by atoms with Crippen LogP contribution in [0.3, 0.4) is 0 Å². The van der Waals surface area contributed by atoms with E-state index in [4.69, 9.17) is 5.26 Å². The summed E-state index contributed by atoms with van der Waals surface area (Å²) in [6.07, 6.45) is 1.06. The molecule has 34 heavy (non-hydrogen) atoms. The first kappa shape index (κ1) is 23.7. The second kappa shape index (κ2) is 8.72. The van der Waals surface area contributed by atoms with E-state index in [0.29, 0.717) is 18.4 Å². The molecule has 0 radical (unpaired) electrons. The summed E-state index contributed by atoms with van der Waals surface area (Å²) in [7, 11) is -3.36. The highest BCUT2D eigenvalue weighted by molar-refractivity contribution is 7.93. The lowest BCUT2D eigenvalue weighted by Gasteiger charge is -2.33. The minimum Gasteiger partial charge on any atom is -0.348 e. The molecular formula is C24H26N4O5S. The van der Waals surface area contributed by atoms with Crippen molar-refractivity contribution in [2.24, 2.45) is 0 Å². The van der Waals surface area contributed by atoms with Crippen molar-refractivity contribution in [3.63, 3.8) is 0 Å². The van der Waals surface area contributed by atoms with Crippen LogP contribution in [0, 0.1) is 11.3 Å². The molecule has 2 heterocycles. The van der Waals surface area contributed by atoms with E-state index in [1.807, 2.05) is 6.07 Å². The molecule has 0 saturated heterocycles. The smallest absolute Gasteiger partial charge is 0.270 e. The van der Waals surface area contributed by atoms with Gasteiger partial charge in [0.15, 0.2) is 9.84 Å². The number of rotatable bonds is 7. The Labute approximate surface area is 197 Å². The zero-order valence-electron chi connectivity index (χ0n) is 19.1. The largest absolute Gasteiger partial charge is 0.348 e. The zero-order valence-corrected chi connectivity index (χ0v) is 19.9. The van der Waals surface area contributed by atoms with Crippen molar-refractivity contribution >= 4 is 21.7 Å². The van der Waals surface area contributed by atoms with Crippen LogP contribution >= 0.6 is 0 Å². The number of aromatic nitrogens is 1. The molecule has 2 amide bonds. The lowest BCUT2D eigenvalue weighted by atomic mass is 10.1. The number of pyridine rings is 1. The van der Waals surface area contributed by atoms with Crippen molar-refractivity contribution in [3.8, 4) is 6.07 Å². The predicted molar refractivity (Wildman–Crippen MR) is 125 cm³/mol. The van der Waals surface area contributed by atoms with Gasteiger partial charge in [-0.05, 0) is 56.5 Å². The van der Waals surface area contributed by atoms with Gasteiger partial charge in [0.1, 0.15) is 11.3 Å². The molecular weight excluding hydrogens is 456 g/mol. The van der Waals surface area contributed by atoms with Crippen LogP contribution in [-0.2, 0) is 22.9 Å². The Morgan fingerprint density at radius 3 is 2.38 bits per heavy atom. The summed E-state index contributed by atoms with van der Waals surface area (Å²) < 4.78 is 25.9. The van der Waals surface area contributed by atoms with Crippen LogP contribution in [0.4, 0.5) is 0 Å². The molecule has 2 aromatic rings. The molecule has 1 aliphatic heterocycles. The summed E-state index contributed by atoms with van der Waals surface area (Å²) in [5, 5.41) is 11.0. The van der Waals surface area contributed by atoms with Crippen molar-refractivity contribution in [3.05, 3.63) is 69.1 Å². The average Bonchev–Trinajstić information content (AvgIpc) is 3.61. The number of hydrogen-bond donors (Lipinski definition) is 1. The molecule has 178 valence electrons. The number of fused-ring (bicyclic) bond motifs is 1. The Hall–Kier alpha value is -3.45. The predicted octanol–water partition coefficient (Wildman–Crippen LogP) is 1.46. The number of sulfone groups is 1. The standard InChI is InChI=1S/C24H26N4O5S/c1-16(2)34(32,33)24(9-10-24)15-27-11-12-28-20(23(27)31)8-7-19(22(28)30)21(29)26-14-18-5-3-17(13-25)4-6-18/h3-8,16H,9-12,14-15H2,1-2H3,(H,26,29). The molecule has 0 spiro atoms. The van der Waals surface area contributed by atoms with Gasteiger partial charge in [-0.25, -0.2) is 8.42 Å². The van der Waals surface area contributed by atoms with Gasteiger partial charge in [-0.2, -0.15) is 5.26 Å². The highest BCUT2D eigenvalue weighted by atomic mass is 32.2. The Morgan fingerprint density at radius 1 is 1.12 bits per heavy atom. The van der Waals surface area contributed by atoms with Crippen molar-refractivity contribution in [1.82, 2.24) is 14.8 Å². The van der Waals surface area contributed by atoms with Gasteiger partial charge in [-0.3, -0.25) is 14.4 Å². The second-order valence-electron chi connectivity index (χ2n) is 9.08. The molecule has 0 bridgehead atoms. The van der Waals surface area contributed by atoms with Gasteiger partial charge in [0.25, 0.3) is 17.4 Å². The first-order chi connectivity index (χ1) is 16.1. The SMILES string of the molecule is CC(C)S(=O)(=O)C1(CN2CCn3c(ccc(C(=O)NCc4ccc(C#N)cc4)c3=O)C2=O)CC1. The number of amides is 2. The molecule has 1 aromatic carbocycles. The lowest BCUT2D eigenvalue weighted by Crippen LogP contribution is -2.50. The van der Waals surface area contributed by atoms with Crippen molar-refractivity contribution in [1.29, 1.82) is 5.26 Å². The molecule has 0 unspecified atom stereocenters. The Bertz CT molecular complexity index is 1350. The zero-order chi connectivity index (χ0) is 24.7. The molecule has 1 saturated carbocycles. The fraction of sp³-hybridized carbons (Fsp3) is 0.417. The maximum Gasteiger partial charge on any atom is 0.270 e. The molecule has 1 N–H and O–H groups in total. The number of hydrogen-bond acceptors (Lipinski definition) is 6. The fourth-order valence-electron chi connectivity index (χ4n) is 4.29. The van der Waals surface area contributed by atoms with E-state index < -0.39 is 37.2 Å². The van der Waals surface area contributed by atoms with Gasteiger partial charge in [0.2, 0.25) is 0 Å². The monoisotopic (exact) mass is 482 g/mol. The maximum absolute atomic E-state index is 13.1. The van der Waals surface area contributed by atoms with Crippen molar-refractivity contribution < 1.29 is 18.0 Å². The van der Waals surface area contributed by atoms with E-state index in [1.165, 1.54) is 21.6 Å². The molecule has 10 heteroatoms. The number of nitrogens with zero attached hydrogens (tertiary/aromatic N) is 3. The van der Waals surface area contributed by atoms with Gasteiger partial charge < -0.3 is 14.8 Å². The third kappa shape index (κ3) is 4.12. The first-order valence-electron chi connectivity index (χ1n) is 11.1. The Kier molecular flexibility index (Phi) is 6.08. The highest BCUT2D eigenvalue weighted by Gasteiger charge is 2.56. The second-order valence-corrected chi connectivity index (χ2v) is 12.0. The summed E-state index contributed by atoms with van der Waals surface area (Å²) in [5.41, 5.74) is 0.814. The summed E-state index contributed by atoms with van der Waals surface area (Å²) in [5.74, 6) is -0.961. The van der Waals surface area contributed by atoms with E-state index >= 15 is 0 Å². The number of nitrogens with one attached hydrogen (secondary N) is 1. The topological polar surface area (TPSA) is 129 Å². The third-order valence-corrected chi connectivity index (χ3v) is 9.55. The van der Waals surface area contributed by atoms with E-state index in [2.05, 4.69) is 5.32 Å². The van der Waals surface area contributed by atoms with E-state index in [0.717, 1.165) is 5.56 Å². The fourth-order valence-corrected chi connectivity index (χ4v) is 6.30. The van der Waals surface area contributed by atoms with Crippen LogP contribution < -0.4 is 10.9 Å². The third-order valence-electron chi connectivity index (χ3n) is 6.57. The van der Waals surface area contributed by atoms with Gasteiger partial charge >= 0.3 is 0 Å². The van der Waals surface area contributed by atoms with Crippen molar-refractivity contribution in [2.45, 2.75) is 49.8 Å². The van der Waals surface area contributed by atoms with Crippen molar-refractivity contribution in [2.75, 3.05) is 13.1 Å². The van der Waals surface area contributed by atoms with Crippen LogP contribution in [0.5, 0.6) is 0 Å². The summed E-state index contributed by atoms with van der Waals surface area (Å²) in [6.45, 7) is 4.00. The molecule has 0 atom stereocenters. The summed E-state index contributed by atoms with van der Waals surface area (Å²) in [4.78, 5) is 40.1. The van der Waals surface area contributed by atoms with Gasteiger partial charge in [0, 0.05) is 26.2 Å². The average molecular weight is 483 g/mol. The Morgan fingerprint density at radius 2 is 1.79 bits per heavy atom. The normalized spacial score (nSPS) is 16.6. The van der Waals surface area contributed by atoms with E-state index in [9.17, 15) is 22.8 Å². The van der Waals surface area contributed by atoms with E-state index in [1.54, 1.807) is 38.1 Å². The molecule has 2 aliphatic rings. The van der Waals surface area contributed by atoms with Gasteiger partial charge in [-0.1, -0.05) is 12.1 Å². The van der Waals surface area contributed by atoms with Crippen LogP contribution in [0.15, 0.2) is 41.2 Å².